The monoisotopic (exact) mass is 265 g/mol. The van der Waals surface area contributed by atoms with Crippen LogP contribution in [0, 0.1) is 11.5 Å². The van der Waals surface area contributed by atoms with Crippen molar-refractivity contribution in [1.29, 1.82) is 0 Å². The first kappa shape index (κ1) is 15.3. The summed E-state index contributed by atoms with van der Waals surface area (Å²) in [4.78, 5) is 3.39. The van der Waals surface area contributed by atoms with Gasteiger partial charge in [0.1, 0.15) is 8.07 Å². The normalized spacial score (nSPS) is 14.5. The van der Waals surface area contributed by atoms with Gasteiger partial charge in [0.25, 0.3) is 0 Å². The second kappa shape index (κ2) is 5.59. The van der Waals surface area contributed by atoms with Gasteiger partial charge in [-0.25, -0.2) is 4.99 Å². The van der Waals surface area contributed by atoms with Crippen LogP contribution in [0.5, 0.6) is 0 Å². The van der Waals surface area contributed by atoms with Gasteiger partial charge in [-0.1, -0.05) is 25.6 Å². The molecule has 0 aromatic heterocycles. The lowest BCUT2D eigenvalue weighted by Gasteiger charge is -2.06. The van der Waals surface area contributed by atoms with Gasteiger partial charge in [0.05, 0.1) is 5.71 Å². The van der Waals surface area contributed by atoms with E-state index in [1.54, 1.807) is 0 Å². The minimum Gasteiger partial charge on any atom is -0.239 e. The Morgan fingerprint density at radius 1 is 1.31 bits per heavy atom. The standard InChI is InChI=1S/C10H14F3NSSi/c1-8(5-6-16(2,3)4)14-9(7-15)10(11,12)13/h7,15H,1-4H3/b9-7-,14-8?. The fourth-order valence-electron chi connectivity index (χ4n) is 0.652. The first-order valence-corrected chi connectivity index (χ1v) is 8.58. The van der Waals surface area contributed by atoms with Gasteiger partial charge >= 0.3 is 6.18 Å². The van der Waals surface area contributed by atoms with E-state index in [9.17, 15) is 13.2 Å². The summed E-state index contributed by atoms with van der Waals surface area (Å²) in [6.45, 7) is 7.47. The van der Waals surface area contributed by atoms with Gasteiger partial charge in [-0.05, 0) is 12.3 Å². The smallest absolute Gasteiger partial charge is 0.239 e. The van der Waals surface area contributed by atoms with Gasteiger partial charge in [-0.3, -0.25) is 0 Å². The molecule has 0 aromatic carbocycles. The summed E-state index contributed by atoms with van der Waals surface area (Å²) in [5, 5.41) is 0.639. The predicted octanol–water partition coefficient (Wildman–Crippen LogP) is 3.66. The maximum Gasteiger partial charge on any atom is 0.433 e. The van der Waals surface area contributed by atoms with Crippen LogP contribution >= 0.6 is 12.6 Å². The molecule has 0 aromatic rings. The highest BCUT2D eigenvalue weighted by atomic mass is 32.1. The summed E-state index contributed by atoms with van der Waals surface area (Å²) >= 11 is 3.48. The lowest BCUT2D eigenvalue weighted by atomic mass is 10.4. The number of halogens is 3. The number of hydrogen-bond acceptors (Lipinski definition) is 2. The molecule has 0 aliphatic carbocycles. The topological polar surface area (TPSA) is 12.4 Å². The lowest BCUT2D eigenvalue weighted by Crippen LogP contribution is -2.17. The molecular formula is C10H14F3NSSi. The molecule has 0 N–H and O–H groups in total. The molecule has 0 aliphatic heterocycles. The maximum absolute atomic E-state index is 12.3. The summed E-state index contributed by atoms with van der Waals surface area (Å²) in [6, 6.07) is 0. The predicted molar refractivity (Wildman–Crippen MR) is 67.4 cm³/mol. The molecule has 0 unspecified atom stereocenters. The zero-order valence-electron chi connectivity index (χ0n) is 9.61. The average Bonchev–Trinajstić information content (AvgIpc) is 2.07. The SMILES string of the molecule is CC(C#C[Si](C)(C)C)=N/C(=C\S)C(F)(F)F. The molecule has 0 rings (SSSR count). The molecule has 0 heterocycles. The Bertz CT molecular complexity index is 366. The van der Waals surface area contributed by atoms with E-state index < -0.39 is 19.9 Å². The Balaban J connectivity index is 4.98. The number of aliphatic imine (C=N–C) groups is 1. The highest BCUT2D eigenvalue weighted by molar-refractivity contribution is 7.83. The molecule has 6 heteroatoms. The van der Waals surface area contributed by atoms with E-state index in [0.29, 0.717) is 5.41 Å². The van der Waals surface area contributed by atoms with Crippen LogP contribution in [-0.2, 0) is 0 Å². The third kappa shape index (κ3) is 6.75. The van der Waals surface area contributed by atoms with Gasteiger partial charge < -0.3 is 0 Å². The van der Waals surface area contributed by atoms with Crippen molar-refractivity contribution in [2.45, 2.75) is 32.7 Å². The van der Waals surface area contributed by atoms with E-state index in [2.05, 4.69) is 29.1 Å². The van der Waals surface area contributed by atoms with Crippen LogP contribution in [0.15, 0.2) is 16.1 Å². The minimum absolute atomic E-state index is 0.153. The van der Waals surface area contributed by atoms with Crippen LogP contribution in [-0.4, -0.2) is 20.0 Å². The first-order valence-electron chi connectivity index (χ1n) is 4.56. The highest BCUT2D eigenvalue weighted by Gasteiger charge is 2.33. The van der Waals surface area contributed by atoms with Crippen molar-refractivity contribution >= 4 is 26.4 Å². The number of thiol groups is 1. The summed E-state index contributed by atoms with van der Waals surface area (Å²) < 4.78 is 36.9. The molecule has 0 aliphatic rings. The van der Waals surface area contributed by atoms with Crippen LogP contribution in [0.25, 0.3) is 0 Å². The van der Waals surface area contributed by atoms with E-state index in [1.165, 1.54) is 6.92 Å². The second-order valence-electron chi connectivity index (χ2n) is 4.21. The van der Waals surface area contributed by atoms with E-state index in [-0.39, 0.29) is 5.71 Å². The number of allylic oxidation sites excluding steroid dienone is 1. The Morgan fingerprint density at radius 2 is 1.81 bits per heavy atom. The van der Waals surface area contributed by atoms with Crippen molar-refractivity contribution in [3.63, 3.8) is 0 Å². The third-order valence-electron chi connectivity index (χ3n) is 1.32. The van der Waals surface area contributed by atoms with Crippen LogP contribution in [0.3, 0.4) is 0 Å². The fraction of sp³-hybridized carbons (Fsp3) is 0.500. The molecule has 0 saturated carbocycles. The van der Waals surface area contributed by atoms with E-state index in [0.717, 1.165) is 0 Å². The number of hydrogen-bond donors (Lipinski definition) is 1. The van der Waals surface area contributed by atoms with Crippen LogP contribution < -0.4 is 0 Å². The number of nitrogens with zero attached hydrogens (tertiary/aromatic N) is 1. The Morgan fingerprint density at radius 3 is 2.12 bits per heavy atom. The fourth-order valence-corrected chi connectivity index (χ4v) is 1.41. The Hall–Kier alpha value is -0.673. The quantitative estimate of drug-likeness (QED) is 0.321. The Labute approximate surface area is 100 Å². The van der Waals surface area contributed by atoms with Crippen molar-refractivity contribution < 1.29 is 13.2 Å². The maximum atomic E-state index is 12.3. The average molecular weight is 265 g/mol. The van der Waals surface area contributed by atoms with Crippen molar-refractivity contribution in [3.05, 3.63) is 11.1 Å². The number of rotatable bonds is 1. The van der Waals surface area contributed by atoms with E-state index in [4.69, 9.17) is 0 Å². The van der Waals surface area contributed by atoms with Crippen LogP contribution in [0.4, 0.5) is 13.2 Å². The third-order valence-corrected chi connectivity index (χ3v) is 2.44. The van der Waals surface area contributed by atoms with E-state index in [1.807, 2.05) is 19.6 Å². The highest BCUT2D eigenvalue weighted by Crippen LogP contribution is 2.27. The minimum atomic E-state index is -4.48. The molecule has 1 nitrogen and oxygen atoms in total. The summed E-state index contributed by atoms with van der Waals surface area (Å²) in [6.07, 6.45) is -4.48. The van der Waals surface area contributed by atoms with Gasteiger partial charge in [-0.15, -0.1) is 18.2 Å². The van der Waals surface area contributed by atoms with Gasteiger partial charge in [0.15, 0.2) is 5.70 Å². The summed E-state index contributed by atoms with van der Waals surface area (Å²) in [7, 11) is -1.59. The van der Waals surface area contributed by atoms with E-state index >= 15 is 0 Å². The van der Waals surface area contributed by atoms with Crippen molar-refractivity contribution in [2.24, 2.45) is 4.99 Å². The van der Waals surface area contributed by atoms with Crippen LogP contribution in [0.2, 0.25) is 19.6 Å². The van der Waals surface area contributed by atoms with Crippen LogP contribution in [0.1, 0.15) is 6.92 Å². The zero-order chi connectivity index (χ0) is 13.0. The molecule has 90 valence electrons. The lowest BCUT2D eigenvalue weighted by molar-refractivity contribution is -0.0920. The van der Waals surface area contributed by atoms with Crippen molar-refractivity contribution in [3.8, 4) is 11.5 Å². The van der Waals surface area contributed by atoms with Gasteiger partial charge in [-0.2, -0.15) is 13.2 Å². The molecule has 0 radical (unpaired) electrons. The molecule has 0 saturated heterocycles. The molecule has 16 heavy (non-hydrogen) atoms. The van der Waals surface area contributed by atoms with Crippen molar-refractivity contribution in [1.82, 2.24) is 0 Å². The molecule has 0 amide bonds. The second-order valence-corrected chi connectivity index (χ2v) is 9.22. The van der Waals surface area contributed by atoms with Gasteiger partial charge in [0, 0.05) is 0 Å². The molecular weight excluding hydrogens is 251 g/mol. The summed E-state index contributed by atoms with van der Waals surface area (Å²) in [5.41, 5.74) is 2.06. The number of alkyl halides is 3. The largest absolute Gasteiger partial charge is 0.433 e. The zero-order valence-corrected chi connectivity index (χ0v) is 11.5. The molecule has 0 bridgehead atoms. The Kier molecular flexibility index (Phi) is 5.36. The molecule has 0 fully saturated rings. The van der Waals surface area contributed by atoms with Crippen molar-refractivity contribution in [2.75, 3.05) is 0 Å². The first-order chi connectivity index (χ1) is 7.06. The molecule has 0 atom stereocenters. The van der Waals surface area contributed by atoms with Gasteiger partial charge in [0.2, 0.25) is 0 Å². The summed E-state index contributed by atoms with van der Waals surface area (Å²) in [5.74, 6) is 2.65. The molecule has 0 spiro atoms.